The smallest absolute Gasteiger partial charge is 0.271 e. The molecule has 112 valence electrons. The van der Waals surface area contributed by atoms with Crippen molar-refractivity contribution in [3.8, 4) is 0 Å². The van der Waals surface area contributed by atoms with Crippen LogP contribution < -0.4 is 10.9 Å². The minimum atomic E-state index is -0.315. The van der Waals surface area contributed by atoms with Crippen molar-refractivity contribution in [2.45, 2.75) is 32.7 Å². The van der Waals surface area contributed by atoms with Crippen LogP contribution in [0, 0.1) is 5.92 Å². The van der Waals surface area contributed by atoms with Crippen LogP contribution >= 0.6 is 0 Å². The number of carbonyl (C=O) groups is 1. The van der Waals surface area contributed by atoms with E-state index in [1.54, 1.807) is 0 Å². The molecule has 0 saturated heterocycles. The maximum atomic E-state index is 12.0. The molecule has 2 N–H and O–H groups in total. The summed E-state index contributed by atoms with van der Waals surface area (Å²) in [6.07, 6.45) is 2.15. The van der Waals surface area contributed by atoms with Crippen molar-refractivity contribution in [1.82, 2.24) is 20.4 Å². The van der Waals surface area contributed by atoms with E-state index in [1.165, 1.54) is 12.1 Å². The highest BCUT2D eigenvalue weighted by atomic mass is 16.2. The summed E-state index contributed by atoms with van der Waals surface area (Å²) < 4.78 is 0. The molecule has 1 aromatic rings. The molecule has 0 radical (unpaired) electrons. The maximum Gasteiger partial charge on any atom is 0.271 e. The second-order valence-electron chi connectivity index (χ2n) is 5.12. The van der Waals surface area contributed by atoms with Gasteiger partial charge in [0.15, 0.2) is 0 Å². The summed E-state index contributed by atoms with van der Waals surface area (Å²) in [5.74, 6) is 0.271. The average Bonchev–Trinajstić information content (AvgIpc) is 2.43. The van der Waals surface area contributed by atoms with Gasteiger partial charge >= 0.3 is 0 Å². The highest BCUT2D eigenvalue weighted by Crippen LogP contribution is 2.16. The van der Waals surface area contributed by atoms with Crippen molar-refractivity contribution in [2.75, 3.05) is 20.6 Å². The van der Waals surface area contributed by atoms with Crippen LogP contribution in [0.15, 0.2) is 16.9 Å². The fourth-order valence-electron chi connectivity index (χ4n) is 2.36. The zero-order valence-corrected chi connectivity index (χ0v) is 12.6. The highest BCUT2D eigenvalue weighted by Gasteiger charge is 2.21. The topological polar surface area (TPSA) is 78.1 Å². The van der Waals surface area contributed by atoms with E-state index < -0.39 is 0 Å². The number of hydrogen-bond donors (Lipinski definition) is 2. The minimum absolute atomic E-state index is 0.228. The number of amides is 1. The summed E-state index contributed by atoms with van der Waals surface area (Å²) in [5, 5.41) is 8.87. The Morgan fingerprint density at radius 2 is 2.00 bits per heavy atom. The van der Waals surface area contributed by atoms with Gasteiger partial charge in [-0.1, -0.05) is 26.7 Å². The molecular weight excluding hydrogens is 256 g/mol. The Kier molecular flexibility index (Phi) is 6.38. The average molecular weight is 280 g/mol. The molecule has 6 nitrogen and oxygen atoms in total. The first kappa shape index (κ1) is 16.4. The predicted octanol–water partition coefficient (Wildman–Crippen LogP) is 0.866. The van der Waals surface area contributed by atoms with Crippen molar-refractivity contribution in [2.24, 2.45) is 5.92 Å². The molecule has 1 atom stereocenters. The van der Waals surface area contributed by atoms with Gasteiger partial charge in [0.05, 0.1) is 0 Å². The van der Waals surface area contributed by atoms with Gasteiger partial charge in [-0.3, -0.25) is 9.59 Å². The van der Waals surface area contributed by atoms with E-state index in [-0.39, 0.29) is 23.2 Å². The van der Waals surface area contributed by atoms with E-state index in [2.05, 4.69) is 34.3 Å². The van der Waals surface area contributed by atoms with Crippen LogP contribution in [0.5, 0.6) is 0 Å². The summed E-state index contributed by atoms with van der Waals surface area (Å²) in [7, 11) is 4.04. The lowest BCUT2D eigenvalue weighted by molar-refractivity contribution is 0.0922. The number of carbonyl (C=O) groups excluding carboxylic acids is 1. The molecule has 0 aliphatic carbocycles. The fourth-order valence-corrected chi connectivity index (χ4v) is 2.36. The van der Waals surface area contributed by atoms with Crippen LogP contribution in [-0.2, 0) is 0 Å². The number of hydrogen-bond acceptors (Lipinski definition) is 4. The van der Waals surface area contributed by atoms with Crippen LogP contribution in [0.2, 0.25) is 0 Å². The zero-order valence-electron chi connectivity index (χ0n) is 12.6. The number of nitrogens with one attached hydrogen (secondary N) is 2. The third-order valence-corrected chi connectivity index (χ3v) is 3.64. The lowest BCUT2D eigenvalue weighted by Gasteiger charge is -2.31. The third-order valence-electron chi connectivity index (χ3n) is 3.64. The van der Waals surface area contributed by atoms with Crippen molar-refractivity contribution < 1.29 is 4.79 Å². The Morgan fingerprint density at radius 3 is 2.45 bits per heavy atom. The largest absolute Gasteiger partial charge is 0.349 e. The molecule has 20 heavy (non-hydrogen) atoms. The molecule has 6 heteroatoms. The van der Waals surface area contributed by atoms with Gasteiger partial charge in [0.25, 0.3) is 11.5 Å². The van der Waals surface area contributed by atoms with E-state index in [0.29, 0.717) is 12.5 Å². The van der Waals surface area contributed by atoms with Gasteiger partial charge in [-0.15, -0.1) is 0 Å². The Hall–Kier alpha value is -1.69. The summed E-state index contributed by atoms with van der Waals surface area (Å²) in [5.41, 5.74) is -0.0867. The summed E-state index contributed by atoms with van der Waals surface area (Å²) in [4.78, 5) is 25.0. The SMILES string of the molecule is CCC(CC)[C@@H](CNC(=O)c1ccc(=O)[nH]n1)N(C)C. The molecule has 1 rings (SSSR count). The molecule has 0 saturated carbocycles. The molecule has 0 bridgehead atoms. The molecule has 0 spiro atoms. The first-order valence-corrected chi connectivity index (χ1v) is 6.99. The molecule has 1 heterocycles. The second kappa shape index (κ2) is 7.79. The Bertz CT molecular complexity index is 460. The number of H-pyrrole nitrogens is 1. The van der Waals surface area contributed by atoms with Gasteiger partial charge in [-0.05, 0) is 26.1 Å². The number of nitrogens with zero attached hydrogens (tertiary/aromatic N) is 2. The van der Waals surface area contributed by atoms with Crippen molar-refractivity contribution in [1.29, 1.82) is 0 Å². The van der Waals surface area contributed by atoms with Gasteiger partial charge in [-0.2, -0.15) is 5.10 Å². The quantitative estimate of drug-likeness (QED) is 0.776. The first-order chi connectivity index (χ1) is 9.49. The monoisotopic (exact) mass is 280 g/mol. The Morgan fingerprint density at radius 1 is 1.35 bits per heavy atom. The Balaban J connectivity index is 2.65. The molecule has 1 amide bonds. The molecule has 0 aliphatic heterocycles. The summed E-state index contributed by atoms with van der Waals surface area (Å²) in [6, 6.07) is 3.01. The van der Waals surface area contributed by atoms with Crippen LogP contribution in [0.4, 0.5) is 0 Å². The number of aromatic nitrogens is 2. The molecule has 0 unspecified atom stereocenters. The van der Waals surface area contributed by atoms with Crippen LogP contribution in [-0.4, -0.2) is 47.7 Å². The van der Waals surface area contributed by atoms with E-state index in [1.807, 2.05) is 14.1 Å². The van der Waals surface area contributed by atoms with Gasteiger partial charge in [0.1, 0.15) is 5.69 Å². The number of rotatable bonds is 7. The number of aromatic amines is 1. The van der Waals surface area contributed by atoms with E-state index in [0.717, 1.165) is 12.8 Å². The fraction of sp³-hybridized carbons (Fsp3) is 0.643. The zero-order chi connectivity index (χ0) is 15.1. The van der Waals surface area contributed by atoms with Crippen LogP contribution in [0.25, 0.3) is 0 Å². The molecular formula is C14H24N4O2. The Labute approximate surface area is 119 Å². The lowest BCUT2D eigenvalue weighted by Crippen LogP contribution is -2.44. The highest BCUT2D eigenvalue weighted by molar-refractivity contribution is 5.91. The van der Waals surface area contributed by atoms with Crippen molar-refractivity contribution >= 4 is 5.91 Å². The van der Waals surface area contributed by atoms with Gasteiger partial charge in [0, 0.05) is 18.7 Å². The van der Waals surface area contributed by atoms with Crippen molar-refractivity contribution in [3.63, 3.8) is 0 Å². The second-order valence-corrected chi connectivity index (χ2v) is 5.12. The predicted molar refractivity (Wildman–Crippen MR) is 78.7 cm³/mol. The van der Waals surface area contributed by atoms with E-state index in [4.69, 9.17) is 0 Å². The molecule has 0 fully saturated rings. The van der Waals surface area contributed by atoms with Crippen LogP contribution in [0.1, 0.15) is 37.2 Å². The molecule has 0 aliphatic rings. The van der Waals surface area contributed by atoms with Gasteiger partial charge < -0.3 is 10.2 Å². The third kappa shape index (κ3) is 4.45. The van der Waals surface area contributed by atoms with Gasteiger partial charge in [0.2, 0.25) is 0 Å². The van der Waals surface area contributed by atoms with Crippen molar-refractivity contribution in [3.05, 3.63) is 28.2 Å². The van der Waals surface area contributed by atoms with Gasteiger partial charge in [-0.25, -0.2) is 5.10 Å². The van der Waals surface area contributed by atoms with Crippen LogP contribution in [0.3, 0.4) is 0 Å². The maximum absolute atomic E-state index is 12.0. The summed E-state index contributed by atoms with van der Waals surface area (Å²) in [6.45, 7) is 4.89. The standard InChI is InChI=1S/C14H24N4O2/c1-5-10(6-2)12(18(3)4)9-15-14(20)11-7-8-13(19)17-16-11/h7-8,10,12H,5-6,9H2,1-4H3,(H,15,20)(H,17,19)/t12-/m1/s1. The lowest BCUT2D eigenvalue weighted by atomic mass is 9.93. The molecule has 0 aromatic carbocycles. The normalized spacial score (nSPS) is 12.7. The summed E-state index contributed by atoms with van der Waals surface area (Å²) >= 11 is 0. The number of likely N-dealkylation sites (N-methyl/N-ethyl adjacent to an activating group) is 1. The first-order valence-electron chi connectivity index (χ1n) is 6.99. The van der Waals surface area contributed by atoms with E-state index >= 15 is 0 Å². The van der Waals surface area contributed by atoms with E-state index in [9.17, 15) is 9.59 Å². The molecule has 1 aromatic heterocycles. The minimum Gasteiger partial charge on any atom is -0.349 e.